The first kappa shape index (κ1) is 18.5. The first-order chi connectivity index (χ1) is 14.5. The summed E-state index contributed by atoms with van der Waals surface area (Å²) in [5, 5.41) is 3.83. The minimum atomic E-state index is -0.485. The van der Waals surface area contributed by atoms with E-state index in [1.165, 1.54) is 0 Å². The number of aryl methyl sites for hydroxylation is 1. The molecule has 1 atom stereocenters. The number of carbonyl (C=O) groups excluding carboxylic acids is 2. The monoisotopic (exact) mass is 402 g/mol. The van der Waals surface area contributed by atoms with Crippen LogP contribution in [0.1, 0.15) is 40.1 Å². The van der Waals surface area contributed by atoms with E-state index < -0.39 is 6.04 Å². The van der Waals surface area contributed by atoms with Crippen LogP contribution in [-0.4, -0.2) is 22.8 Å². The van der Waals surface area contributed by atoms with Crippen molar-refractivity contribution in [1.82, 2.24) is 10.2 Å². The predicted octanol–water partition coefficient (Wildman–Crippen LogP) is 4.07. The van der Waals surface area contributed by atoms with Gasteiger partial charge in [0.25, 0.3) is 5.91 Å². The van der Waals surface area contributed by atoms with Crippen LogP contribution in [0.5, 0.6) is 5.75 Å². The molecule has 6 nitrogen and oxygen atoms in total. The Hall–Kier alpha value is -3.54. The molecule has 1 fully saturated rings. The van der Waals surface area contributed by atoms with Gasteiger partial charge in [0.2, 0.25) is 5.91 Å². The second-order valence-electron chi connectivity index (χ2n) is 7.80. The van der Waals surface area contributed by atoms with Crippen LogP contribution in [0.25, 0.3) is 11.0 Å². The van der Waals surface area contributed by atoms with Crippen LogP contribution in [0.2, 0.25) is 0 Å². The highest BCUT2D eigenvalue weighted by molar-refractivity contribution is 6.02. The van der Waals surface area contributed by atoms with E-state index >= 15 is 0 Å². The van der Waals surface area contributed by atoms with Crippen LogP contribution in [0, 0.1) is 6.92 Å². The van der Waals surface area contributed by atoms with Gasteiger partial charge in [-0.2, -0.15) is 0 Å². The normalized spacial score (nSPS) is 18.6. The number of allylic oxidation sites excluding steroid dienone is 1. The summed E-state index contributed by atoms with van der Waals surface area (Å²) in [7, 11) is 0. The van der Waals surface area contributed by atoms with E-state index in [9.17, 15) is 9.59 Å². The highest BCUT2D eigenvalue weighted by Gasteiger charge is 2.39. The van der Waals surface area contributed by atoms with E-state index in [-0.39, 0.29) is 18.4 Å². The molecule has 2 aliphatic heterocycles. The molecule has 1 aromatic heterocycles. The third kappa shape index (κ3) is 2.96. The van der Waals surface area contributed by atoms with Crippen molar-refractivity contribution in [3.63, 3.8) is 0 Å². The summed E-state index contributed by atoms with van der Waals surface area (Å²) in [6.45, 7) is 6.45. The molecule has 3 aromatic rings. The molecule has 0 bridgehead atoms. The summed E-state index contributed by atoms with van der Waals surface area (Å²) in [5.41, 5.74) is 3.98. The van der Waals surface area contributed by atoms with Gasteiger partial charge >= 0.3 is 0 Å². The zero-order valence-corrected chi connectivity index (χ0v) is 16.7. The van der Waals surface area contributed by atoms with E-state index in [4.69, 9.17) is 9.15 Å². The Bertz CT molecular complexity index is 1190. The van der Waals surface area contributed by atoms with Gasteiger partial charge in [0.15, 0.2) is 0 Å². The van der Waals surface area contributed by atoms with Crippen molar-refractivity contribution in [2.45, 2.75) is 39.0 Å². The number of furan rings is 1. The molecule has 0 aliphatic carbocycles. The second kappa shape index (κ2) is 7.06. The van der Waals surface area contributed by atoms with Gasteiger partial charge in [0, 0.05) is 27.8 Å². The number of benzene rings is 2. The van der Waals surface area contributed by atoms with Crippen LogP contribution < -0.4 is 10.1 Å². The molecule has 3 heterocycles. The SMILES string of the molecule is C=C1CCC(N2Cc3c(OCc4oc5ccccc5c4C)cccc3C2=O)C(=O)N1. The van der Waals surface area contributed by atoms with Crippen LogP contribution in [-0.2, 0) is 17.9 Å². The Morgan fingerprint density at radius 3 is 2.83 bits per heavy atom. The summed E-state index contributed by atoms with van der Waals surface area (Å²) in [5.74, 6) is 1.10. The maximum Gasteiger partial charge on any atom is 0.255 e. The van der Waals surface area contributed by atoms with Gasteiger partial charge in [0.05, 0.1) is 6.54 Å². The first-order valence-corrected chi connectivity index (χ1v) is 10.0. The average molecular weight is 402 g/mol. The van der Waals surface area contributed by atoms with Gasteiger partial charge in [0.1, 0.15) is 29.7 Å². The molecule has 0 radical (unpaired) electrons. The van der Waals surface area contributed by atoms with E-state index in [1.54, 1.807) is 11.0 Å². The summed E-state index contributed by atoms with van der Waals surface area (Å²) in [6, 6.07) is 12.9. The summed E-state index contributed by atoms with van der Waals surface area (Å²) >= 11 is 0. The topological polar surface area (TPSA) is 71.8 Å². The number of nitrogens with one attached hydrogen (secondary N) is 1. The van der Waals surface area contributed by atoms with E-state index in [2.05, 4.69) is 11.9 Å². The minimum Gasteiger partial charge on any atom is -0.485 e. The molecule has 1 N–H and O–H groups in total. The Kier molecular flexibility index (Phi) is 4.35. The molecule has 0 saturated carbocycles. The Morgan fingerprint density at radius 1 is 1.20 bits per heavy atom. The second-order valence-corrected chi connectivity index (χ2v) is 7.80. The Labute approximate surface area is 174 Å². The van der Waals surface area contributed by atoms with Crippen molar-refractivity contribution in [1.29, 1.82) is 0 Å². The van der Waals surface area contributed by atoms with E-state index in [0.717, 1.165) is 27.9 Å². The number of hydrogen-bond donors (Lipinski definition) is 1. The molecule has 0 spiro atoms. The van der Waals surface area contributed by atoms with Crippen molar-refractivity contribution >= 4 is 22.8 Å². The maximum absolute atomic E-state index is 13.0. The van der Waals surface area contributed by atoms with E-state index in [0.29, 0.717) is 36.4 Å². The number of ether oxygens (including phenoxy) is 1. The van der Waals surface area contributed by atoms with Gasteiger partial charge in [-0.1, -0.05) is 30.8 Å². The number of para-hydroxylation sites is 1. The molecule has 30 heavy (non-hydrogen) atoms. The number of piperidine rings is 1. The van der Waals surface area contributed by atoms with Gasteiger partial charge in [-0.3, -0.25) is 9.59 Å². The summed E-state index contributed by atoms with van der Waals surface area (Å²) < 4.78 is 12.0. The quantitative estimate of drug-likeness (QED) is 0.714. The fourth-order valence-electron chi connectivity index (χ4n) is 4.28. The zero-order chi connectivity index (χ0) is 20.8. The van der Waals surface area contributed by atoms with Gasteiger partial charge < -0.3 is 19.4 Å². The molecule has 2 aliphatic rings. The van der Waals surface area contributed by atoms with Crippen molar-refractivity contribution in [3.05, 3.63) is 77.2 Å². The molecule has 152 valence electrons. The van der Waals surface area contributed by atoms with Crippen molar-refractivity contribution < 1.29 is 18.7 Å². The molecule has 1 unspecified atom stereocenters. The van der Waals surface area contributed by atoms with Crippen molar-refractivity contribution in [3.8, 4) is 5.75 Å². The van der Waals surface area contributed by atoms with Gasteiger partial charge in [-0.15, -0.1) is 0 Å². The van der Waals surface area contributed by atoms with Crippen LogP contribution in [0.4, 0.5) is 0 Å². The Balaban J connectivity index is 1.38. The van der Waals surface area contributed by atoms with Gasteiger partial charge in [-0.25, -0.2) is 0 Å². The number of nitrogens with zero attached hydrogens (tertiary/aromatic N) is 1. The van der Waals surface area contributed by atoms with Gasteiger partial charge in [-0.05, 0) is 38.0 Å². The molecule has 2 amide bonds. The number of fused-ring (bicyclic) bond motifs is 2. The lowest BCUT2D eigenvalue weighted by atomic mass is 10.0. The minimum absolute atomic E-state index is 0.136. The average Bonchev–Trinajstić information content (AvgIpc) is 3.24. The molecule has 5 rings (SSSR count). The largest absolute Gasteiger partial charge is 0.485 e. The lowest BCUT2D eigenvalue weighted by molar-refractivity contribution is -0.126. The third-order valence-electron chi connectivity index (χ3n) is 5.95. The molecular formula is C24H22N2O4. The van der Waals surface area contributed by atoms with E-state index in [1.807, 2.05) is 43.3 Å². The van der Waals surface area contributed by atoms with Crippen LogP contribution in [0.15, 0.2) is 59.2 Å². The molecular weight excluding hydrogens is 380 g/mol. The van der Waals surface area contributed by atoms with Crippen LogP contribution >= 0.6 is 0 Å². The molecule has 1 saturated heterocycles. The standard InChI is InChI=1S/C24H22N2O4/c1-14-10-11-19(23(27)25-14)26-12-18-17(24(26)28)7-5-9-20(18)29-13-22-15(2)16-6-3-4-8-21(16)30-22/h3-9,19H,1,10-13H2,2H3,(H,25,27). The number of rotatable bonds is 4. The predicted molar refractivity (Wildman–Crippen MR) is 112 cm³/mol. The fourth-order valence-corrected chi connectivity index (χ4v) is 4.28. The first-order valence-electron chi connectivity index (χ1n) is 10.0. The lowest BCUT2D eigenvalue weighted by Gasteiger charge is -2.31. The number of hydrogen-bond acceptors (Lipinski definition) is 4. The lowest BCUT2D eigenvalue weighted by Crippen LogP contribution is -2.49. The van der Waals surface area contributed by atoms with Crippen molar-refractivity contribution in [2.75, 3.05) is 0 Å². The third-order valence-corrected chi connectivity index (χ3v) is 5.95. The van der Waals surface area contributed by atoms with Crippen molar-refractivity contribution in [2.24, 2.45) is 0 Å². The highest BCUT2D eigenvalue weighted by Crippen LogP contribution is 2.35. The number of amides is 2. The smallest absolute Gasteiger partial charge is 0.255 e. The zero-order valence-electron chi connectivity index (χ0n) is 16.7. The highest BCUT2D eigenvalue weighted by atomic mass is 16.5. The number of carbonyl (C=O) groups is 2. The molecule has 6 heteroatoms. The fraction of sp³-hybridized carbons (Fsp3) is 0.250. The maximum atomic E-state index is 13.0. The Morgan fingerprint density at radius 2 is 2.03 bits per heavy atom. The molecule has 2 aromatic carbocycles. The van der Waals surface area contributed by atoms with Crippen LogP contribution in [0.3, 0.4) is 0 Å². The summed E-state index contributed by atoms with van der Waals surface area (Å²) in [4.78, 5) is 27.0. The summed E-state index contributed by atoms with van der Waals surface area (Å²) in [6.07, 6.45) is 1.25.